The fourth-order valence-electron chi connectivity index (χ4n) is 3.28. The lowest BCUT2D eigenvalue weighted by Gasteiger charge is -2.35. The van der Waals surface area contributed by atoms with Crippen molar-refractivity contribution in [3.05, 3.63) is 64.6 Å². The third-order valence-corrected chi connectivity index (χ3v) is 5.75. The van der Waals surface area contributed by atoms with E-state index in [-0.39, 0.29) is 5.91 Å². The predicted molar refractivity (Wildman–Crippen MR) is 115 cm³/mol. The molecule has 1 aliphatic rings. The Hall–Kier alpha value is -2.97. The van der Waals surface area contributed by atoms with Gasteiger partial charge in [-0.2, -0.15) is 0 Å². The number of piperazine rings is 1. The van der Waals surface area contributed by atoms with Crippen LogP contribution in [0.3, 0.4) is 0 Å². The zero-order valence-electron chi connectivity index (χ0n) is 16.2. The summed E-state index contributed by atoms with van der Waals surface area (Å²) in [6.07, 6.45) is 0. The van der Waals surface area contributed by atoms with Crippen LogP contribution in [0, 0.1) is 0 Å². The predicted octanol–water partition coefficient (Wildman–Crippen LogP) is 3.12. The number of para-hydroxylation sites is 1. The Morgan fingerprint density at radius 1 is 1.07 bits per heavy atom. The number of aromatic nitrogens is 2. The molecule has 7 nitrogen and oxygen atoms in total. The van der Waals surface area contributed by atoms with Crippen molar-refractivity contribution in [1.29, 1.82) is 0 Å². The molecule has 0 aliphatic carbocycles. The van der Waals surface area contributed by atoms with Crippen LogP contribution in [0.2, 0.25) is 0 Å². The molecule has 3 aromatic rings. The zero-order valence-corrected chi connectivity index (χ0v) is 17.1. The molecule has 0 unspecified atom stereocenters. The number of hydrogen-bond donors (Lipinski definition) is 1. The van der Waals surface area contributed by atoms with Gasteiger partial charge >= 0.3 is 0 Å². The lowest BCUT2D eigenvalue weighted by molar-refractivity contribution is 0.102. The molecule has 150 valence electrons. The van der Waals surface area contributed by atoms with Gasteiger partial charge in [-0.15, -0.1) is 10.2 Å². The minimum atomic E-state index is -0.220. The highest BCUT2D eigenvalue weighted by Gasteiger charge is 2.20. The van der Waals surface area contributed by atoms with E-state index in [9.17, 15) is 4.79 Å². The van der Waals surface area contributed by atoms with Gasteiger partial charge in [0.15, 0.2) is 0 Å². The van der Waals surface area contributed by atoms with Crippen LogP contribution < -0.4 is 15.0 Å². The van der Waals surface area contributed by atoms with E-state index < -0.39 is 0 Å². The Kier molecular flexibility index (Phi) is 6.02. The molecule has 4 rings (SSSR count). The Morgan fingerprint density at radius 2 is 1.86 bits per heavy atom. The number of rotatable bonds is 6. The molecule has 0 atom stereocenters. The molecule has 2 aromatic carbocycles. The number of carbonyl (C=O) groups is 1. The van der Waals surface area contributed by atoms with Crippen LogP contribution in [0.25, 0.3) is 0 Å². The minimum absolute atomic E-state index is 0.220. The first-order valence-electron chi connectivity index (χ1n) is 9.51. The first-order valence-corrected chi connectivity index (χ1v) is 10.3. The van der Waals surface area contributed by atoms with Crippen LogP contribution in [0.15, 0.2) is 54.6 Å². The number of methoxy groups -OCH3 is 1. The van der Waals surface area contributed by atoms with E-state index in [1.165, 1.54) is 17.0 Å². The van der Waals surface area contributed by atoms with Gasteiger partial charge in [0.05, 0.1) is 13.7 Å². The highest BCUT2D eigenvalue weighted by atomic mass is 32.1. The van der Waals surface area contributed by atoms with Gasteiger partial charge in [0.25, 0.3) is 5.91 Å². The number of nitrogens with one attached hydrogen (secondary N) is 1. The summed E-state index contributed by atoms with van der Waals surface area (Å²) in [6, 6.07) is 17.5. The molecule has 8 heteroatoms. The van der Waals surface area contributed by atoms with E-state index in [2.05, 4.69) is 37.4 Å². The quantitative estimate of drug-likeness (QED) is 0.675. The monoisotopic (exact) mass is 409 g/mol. The number of carbonyl (C=O) groups excluding carboxylic acids is 1. The number of benzene rings is 2. The Balaban J connectivity index is 1.30. The molecule has 1 saturated heterocycles. The van der Waals surface area contributed by atoms with Gasteiger partial charge in [-0.1, -0.05) is 35.6 Å². The molecule has 1 amide bonds. The summed E-state index contributed by atoms with van der Waals surface area (Å²) in [5, 5.41) is 12.4. The van der Waals surface area contributed by atoms with E-state index in [1.807, 2.05) is 42.5 Å². The summed E-state index contributed by atoms with van der Waals surface area (Å²) in [7, 11) is 1.69. The lowest BCUT2D eigenvalue weighted by atomic mass is 10.2. The summed E-state index contributed by atoms with van der Waals surface area (Å²) in [5.41, 5.74) is 1.93. The normalized spacial score (nSPS) is 14.6. The second kappa shape index (κ2) is 9.02. The Morgan fingerprint density at radius 3 is 2.62 bits per heavy atom. The molecule has 1 N–H and O–H groups in total. The average molecular weight is 410 g/mol. The van der Waals surface area contributed by atoms with Crippen molar-refractivity contribution in [3.63, 3.8) is 0 Å². The number of ether oxygens (including phenoxy) is 1. The summed E-state index contributed by atoms with van der Waals surface area (Å²) >= 11 is 1.35. The van der Waals surface area contributed by atoms with Gasteiger partial charge in [0, 0.05) is 43.6 Å². The van der Waals surface area contributed by atoms with E-state index in [0.717, 1.165) is 42.6 Å². The van der Waals surface area contributed by atoms with Gasteiger partial charge in [0.2, 0.25) is 5.01 Å². The van der Waals surface area contributed by atoms with Gasteiger partial charge in [-0.25, -0.2) is 0 Å². The molecule has 1 aliphatic heterocycles. The van der Waals surface area contributed by atoms with Crippen LogP contribution in [-0.4, -0.2) is 54.3 Å². The van der Waals surface area contributed by atoms with Crippen LogP contribution in [0.5, 0.6) is 5.75 Å². The average Bonchev–Trinajstić information content (AvgIpc) is 3.24. The first kappa shape index (κ1) is 19.4. The first-order chi connectivity index (χ1) is 14.2. The van der Waals surface area contributed by atoms with Crippen molar-refractivity contribution in [1.82, 2.24) is 15.1 Å². The number of nitrogens with zero attached hydrogens (tertiary/aromatic N) is 4. The molecule has 1 aromatic heterocycles. The zero-order chi connectivity index (χ0) is 20.1. The molecular formula is C21H23N5O2S. The van der Waals surface area contributed by atoms with Crippen molar-refractivity contribution in [3.8, 4) is 5.75 Å². The summed E-state index contributed by atoms with van der Waals surface area (Å²) in [6.45, 7) is 4.45. The van der Waals surface area contributed by atoms with E-state index in [0.29, 0.717) is 11.6 Å². The highest BCUT2D eigenvalue weighted by molar-refractivity contribution is 7.13. The molecular weight excluding hydrogens is 386 g/mol. The molecule has 0 saturated carbocycles. The smallest absolute Gasteiger partial charge is 0.286 e. The summed E-state index contributed by atoms with van der Waals surface area (Å²) < 4.78 is 5.32. The molecule has 0 radical (unpaired) electrons. The maximum absolute atomic E-state index is 12.3. The topological polar surface area (TPSA) is 70.6 Å². The maximum Gasteiger partial charge on any atom is 0.286 e. The number of hydrogen-bond acceptors (Lipinski definition) is 7. The standard InChI is InChI=1S/C21H23N5O2S/c1-28-18-9-5-8-17(14-18)26-12-10-25(11-13-26)15-19-23-24-21(29-19)20(27)22-16-6-3-2-4-7-16/h2-9,14H,10-13,15H2,1H3,(H,22,27). The molecule has 0 spiro atoms. The number of anilines is 2. The second-order valence-electron chi connectivity index (χ2n) is 6.79. The largest absolute Gasteiger partial charge is 0.497 e. The van der Waals surface area contributed by atoms with Crippen molar-refractivity contribution >= 4 is 28.6 Å². The van der Waals surface area contributed by atoms with E-state index in [1.54, 1.807) is 7.11 Å². The third-order valence-electron chi connectivity index (χ3n) is 4.84. The van der Waals surface area contributed by atoms with Crippen LogP contribution in [0.4, 0.5) is 11.4 Å². The van der Waals surface area contributed by atoms with Crippen molar-refractivity contribution < 1.29 is 9.53 Å². The minimum Gasteiger partial charge on any atom is -0.497 e. The van der Waals surface area contributed by atoms with Gasteiger partial charge in [-0.05, 0) is 24.3 Å². The Labute approximate surface area is 173 Å². The highest BCUT2D eigenvalue weighted by Crippen LogP contribution is 2.23. The van der Waals surface area contributed by atoms with Gasteiger partial charge < -0.3 is 15.0 Å². The fourth-order valence-corrected chi connectivity index (χ4v) is 4.06. The Bertz CT molecular complexity index is 954. The molecule has 0 bridgehead atoms. The lowest BCUT2D eigenvalue weighted by Crippen LogP contribution is -2.45. The van der Waals surface area contributed by atoms with Gasteiger partial charge in [-0.3, -0.25) is 9.69 Å². The van der Waals surface area contributed by atoms with Crippen LogP contribution in [0.1, 0.15) is 14.8 Å². The van der Waals surface area contributed by atoms with E-state index in [4.69, 9.17) is 4.74 Å². The van der Waals surface area contributed by atoms with Gasteiger partial charge in [0.1, 0.15) is 10.8 Å². The van der Waals surface area contributed by atoms with Crippen LogP contribution in [-0.2, 0) is 6.54 Å². The molecule has 1 fully saturated rings. The third kappa shape index (κ3) is 4.90. The van der Waals surface area contributed by atoms with Crippen LogP contribution >= 0.6 is 11.3 Å². The van der Waals surface area contributed by atoms with E-state index >= 15 is 0 Å². The van der Waals surface area contributed by atoms with Crippen molar-refractivity contribution in [2.75, 3.05) is 43.5 Å². The number of amides is 1. The molecule has 29 heavy (non-hydrogen) atoms. The second-order valence-corrected chi connectivity index (χ2v) is 7.85. The van der Waals surface area contributed by atoms with Crippen molar-refractivity contribution in [2.45, 2.75) is 6.54 Å². The summed E-state index contributed by atoms with van der Waals surface area (Å²) in [4.78, 5) is 17.0. The summed E-state index contributed by atoms with van der Waals surface area (Å²) in [5.74, 6) is 0.655. The maximum atomic E-state index is 12.3. The molecule has 2 heterocycles. The fraction of sp³-hybridized carbons (Fsp3) is 0.286. The van der Waals surface area contributed by atoms with Crippen molar-refractivity contribution in [2.24, 2.45) is 0 Å². The SMILES string of the molecule is COc1cccc(N2CCN(Cc3nnc(C(=O)Nc4ccccc4)s3)CC2)c1.